The van der Waals surface area contributed by atoms with E-state index in [0.29, 0.717) is 0 Å². The molecule has 0 radical (unpaired) electrons. The Kier molecular flexibility index (Phi) is 6.66. The molecule has 0 bridgehead atoms. The van der Waals surface area contributed by atoms with Crippen LogP contribution in [0.25, 0.3) is 0 Å². The Morgan fingerprint density at radius 1 is 0.857 bits per heavy atom. The van der Waals surface area contributed by atoms with Gasteiger partial charge in [0.05, 0.1) is 11.9 Å². The summed E-state index contributed by atoms with van der Waals surface area (Å²) in [5.41, 5.74) is -0.111. The molecule has 0 spiro atoms. The SMILES string of the molecule is O=C([O-])c1ccc(C(=O)[O-])cc1.[Al+3].[OH-]. The maximum atomic E-state index is 10.2. The fourth-order valence-corrected chi connectivity index (χ4v) is 0.742. The van der Waals surface area contributed by atoms with Gasteiger partial charge in [0.25, 0.3) is 0 Å². The van der Waals surface area contributed by atoms with Gasteiger partial charge in [0.1, 0.15) is 0 Å². The maximum Gasteiger partial charge on any atom is 3.00 e. The van der Waals surface area contributed by atoms with Crippen molar-refractivity contribution in [3.05, 3.63) is 35.4 Å². The molecule has 0 unspecified atom stereocenters. The van der Waals surface area contributed by atoms with Crippen LogP contribution in [0, 0.1) is 0 Å². The van der Waals surface area contributed by atoms with E-state index in [9.17, 15) is 19.8 Å². The molecule has 0 saturated carbocycles. The predicted molar refractivity (Wildman–Crippen MR) is 42.8 cm³/mol. The van der Waals surface area contributed by atoms with Crippen molar-refractivity contribution in [2.75, 3.05) is 0 Å². The molecule has 0 aliphatic heterocycles. The molecule has 1 aromatic carbocycles. The van der Waals surface area contributed by atoms with Crippen LogP contribution in [0.1, 0.15) is 20.7 Å². The molecule has 1 N–H and O–H groups in total. The van der Waals surface area contributed by atoms with Crippen LogP contribution in [-0.2, 0) is 0 Å². The van der Waals surface area contributed by atoms with Crippen LogP contribution < -0.4 is 10.2 Å². The number of carboxylic acids is 2. The average molecular weight is 208 g/mol. The van der Waals surface area contributed by atoms with E-state index in [0.717, 1.165) is 24.3 Å². The molecule has 0 aliphatic carbocycles. The summed E-state index contributed by atoms with van der Waals surface area (Å²) in [6.45, 7) is 0. The van der Waals surface area contributed by atoms with E-state index in [1.54, 1.807) is 0 Å². The van der Waals surface area contributed by atoms with E-state index in [1.165, 1.54) is 0 Å². The minimum atomic E-state index is -1.33. The van der Waals surface area contributed by atoms with Gasteiger partial charge in [-0.1, -0.05) is 24.3 Å². The molecule has 0 amide bonds. The zero-order valence-electron chi connectivity index (χ0n) is 6.97. The molecule has 0 aromatic heterocycles. The van der Waals surface area contributed by atoms with Gasteiger partial charge in [-0.15, -0.1) is 0 Å². The van der Waals surface area contributed by atoms with Crippen molar-refractivity contribution in [2.45, 2.75) is 0 Å². The zero-order valence-corrected chi connectivity index (χ0v) is 8.12. The van der Waals surface area contributed by atoms with Crippen molar-refractivity contribution in [1.82, 2.24) is 0 Å². The molecule has 1 aromatic rings. The Balaban J connectivity index is 0. The van der Waals surface area contributed by atoms with E-state index in [-0.39, 0.29) is 34.0 Å². The van der Waals surface area contributed by atoms with Crippen molar-refractivity contribution in [3.8, 4) is 0 Å². The Bertz CT molecular complexity index is 286. The van der Waals surface area contributed by atoms with Gasteiger partial charge in [-0.3, -0.25) is 0 Å². The standard InChI is InChI=1S/C8H6O4.Al.H2O/c9-7(10)5-1-2-6(4-3-5)8(11)12;;/h1-4H,(H,9,10)(H,11,12);;1H2/q;+3;/p-3. The van der Waals surface area contributed by atoms with Crippen LogP contribution in [0.15, 0.2) is 24.3 Å². The third-order valence-corrected chi connectivity index (χ3v) is 1.36. The summed E-state index contributed by atoms with van der Waals surface area (Å²) in [6.07, 6.45) is 0. The first-order valence-electron chi connectivity index (χ1n) is 3.14. The molecule has 0 atom stereocenters. The van der Waals surface area contributed by atoms with Crippen molar-refractivity contribution >= 4 is 29.3 Å². The first-order chi connectivity index (χ1) is 5.61. The molecular weight excluding hydrogens is 203 g/mol. The number of carbonyl (C=O) groups is 2. The first kappa shape index (κ1) is 15.1. The third-order valence-electron chi connectivity index (χ3n) is 1.36. The fraction of sp³-hybridized carbons (Fsp3) is 0. The Hall–Kier alpha value is -1.35. The number of hydrogen-bond donors (Lipinski definition) is 0. The van der Waals surface area contributed by atoms with E-state index < -0.39 is 11.9 Å². The number of hydrogen-bond acceptors (Lipinski definition) is 5. The predicted octanol–water partition coefficient (Wildman–Crippen LogP) is -2.14. The Labute approximate surface area is 90.4 Å². The second-order valence-corrected chi connectivity index (χ2v) is 2.15. The van der Waals surface area contributed by atoms with Crippen LogP contribution in [0.4, 0.5) is 0 Å². The average Bonchev–Trinajstić information content (AvgIpc) is 2.04. The smallest absolute Gasteiger partial charge is 0.870 e. The van der Waals surface area contributed by atoms with E-state index in [4.69, 9.17) is 0 Å². The van der Waals surface area contributed by atoms with Gasteiger partial charge in [-0.2, -0.15) is 0 Å². The molecular formula is C8H5AlO5. The van der Waals surface area contributed by atoms with Gasteiger partial charge in [0.2, 0.25) is 0 Å². The number of carboxylic acid groups (broad SMARTS) is 2. The Morgan fingerprint density at radius 2 is 1.07 bits per heavy atom. The molecule has 0 heterocycles. The van der Waals surface area contributed by atoms with Gasteiger partial charge >= 0.3 is 17.4 Å². The van der Waals surface area contributed by atoms with Crippen molar-refractivity contribution in [1.29, 1.82) is 0 Å². The largest absolute Gasteiger partial charge is 3.00 e. The fourth-order valence-electron chi connectivity index (χ4n) is 0.742. The number of carbonyl (C=O) groups excluding carboxylic acids is 2. The number of benzene rings is 1. The molecule has 70 valence electrons. The number of rotatable bonds is 2. The van der Waals surface area contributed by atoms with Gasteiger partial charge < -0.3 is 25.3 Å². The summed E-state index contributed by atoms with van der Waals surface area (Å²) in [4.78, 5) is 20.4. The Morgan fingerprint density at radius 3 is 1.21 bits per heavy atom. The molecule has 5 nitrogen and oxygen atoms in total. The van der Waals surface area contributed by atoms with E-state index in [1.807, 2.05) is 0 Å². The second kappa shape index (κ2) is 6.16. The minimum absolute atomic E-state index is 0. The molecule has 14 heavy (non-hydrogen) atoms. The van der Waals surface area contributed by atoms with Crippen molar-refractivity contribution in [2.24, 2.45) is 0 Å². The molecule has 0 saturated heterocycles. The molecule has 1 rings (SSSR count). The van der Waals surface area contributed by atoms with Crippen LogP contribution in [0.3, 0.4) is 0 Å². The van der Waals surface area contributed by atoms with Crippen molar-refractivity contribution in [3.63, 3.8) is 0 Å². The van der Waals surface area contributed by atoms with Crippen molar-refractivity contribution < 1.29 is 25.3 Å². The number of aromatic carboxylic acids is 2. The quantitative estimate of drug-likeness (QED) is 0.515. The molecule has 0 fully saturated rings. The summed E-state index contributed by atoms with van der Waals surface area (Å²) < 4.78 is 0. The van der Waals surface area contributed by atoms with Crippen LogP contribution >= 0.6 is 0 Å². The summed E-state index contributed by atoms with van der Waals surface area (Å²) in [5.74, 6) is -2.67. The normalized spacial score (nSPS) is 8.00. The summed E-state index contributed by atoms with van der Waals surface area (Å²) in [7, 11) is 0. The summed E-state index contributed by atoms with van der Waals surface area (Å²) in [6, 6.07) is 4.61. The van der Waals surface area contributed by atoms with E-state index >= 15 is 0 Å². The van der Waals surface area contributed by atoms with Gasteiger partial charge in [-0.25, -0.2) is 0 Å². The van der Waals surface area contributed by atoms with Gasteiger partial charge in [0, 0.05) is 0 Å². The minimum Gasteiger partial charge on any atom is -0.870 e. The second-order valence-electron chi connectivity index (χ2n) is 2.15. The third kappa shape index (κ3) is 3.58. The van der Waals surface area contributed by atoms with E-state index in [2.05, 4.69) is 0 Å². The van der Waals surface area contributed by atoms with Crippen LogP contribution in [0.5, 0.6) is 0 Å². The first-order valence-corrected chi connectivity index (χ1v) is 3.14. The molecule has 6 heteroatoms. The van der Waals surface area contributed by atoms with Gasteiger partial charge in [-0.05, 0) is 11.1 Å². The molecule has 0 aliphatic rings. The maximum absolute atomic E-state index is 10.2. The van der Waals surface area contributed by atoms with Crippen LogP contribution in [-0.4, -0.2) is 34.8 Å². The van der Waals surface area contributed by atoms with Crippen LogP contribution in [0.2, 0.25) is 0 Å². The van der Waals surface area contributed by atoms with Gasteiger partial charge in [0.15, 0.2) is 0 Å². The monoisotopic (exact) mass is 208 g/mol. The summed E-state index contributed by atoms with van der Waals surface area (Å²) >= 11 is 0. The zero-order chi connectivity index (χ0) is 9.14. The summed E-state index contributed by atoms with van der Waals surface area (Å²) in [5, 5.41) is 20.4. The topological polar surface area (TPSA) is 110 Å².